The van der Waals surface area contributed by atoms with Crippen LogP contribution in [-0.2, 0) is 22.5 Å². The van der Waals surface area contributed by atoms with Gasteiger partial charge >= 0.3 is 0 Å². The van der Waals surface area contributed by atoms with Crippen LogP contribution < -0.4 is 10.9 Å². The van der Waals surface area contributed by atoms with E-state index in [1.807, 2.05) is 6.07 Å². The van der Waals surface area contributed by atoms with Gasteiger partial charge in [0.05, 0.1) is 42.3 Å². The standard InChI is InChI=1S/C21H20N4O3S/c1-28-13-12-25-20(27)17-4-2-3-5-18(17)24-21(25)29-14-19(26)23-16-8-6-15(7-9-16)10-11-22/h2-9H,10,12-14H2,1H3,(H,23,26). The Bertz CT molecular complexity index is 1100. The Balaban J connectivity index is 1.74. The van der Waals surface area contributed by atoms with Crippen molar-refractivity contribution >= 4 is 34.3 Å². The summed E-state index contributed by atoms with van der Waals surface area (Å²) in [5.41, 5.74) is 1.99. The SMILES string of the molecule is COCCn1c(SCC(=O)Nc2ccc(CC#N)cc2)nc2ccccc2c1=O. The van der Waals surface area contributed by atoms with Gasteiger partial charge in [0.15, 0.2) is 5.16 Å². The Hall–Kier alpha value is -3.15. The maximum atomic E-state index is 12.8. The summed E-state index contributed by atoms with van der Waals surface area (Å²) in [6.45, 7) is 0.728. The summed E-state index contributed by atoms with van der Waals surface area (Å²) in [6.07, 6.45) is 0.330. The molecular formula is C21H20N4O3S. The molecule has 0 fully saturated rings. The number of nitriles is 1. The maximum absolute atomic E-state index is 12.8. The minimum atomic E-state index is -0.205. The van der Waals surface area contributed by atoms with Gasteiger partial charge in [-0.05, 0) is 29.8 Å². The molecule has 29 heavy (non-hydrogen) atoms. The van der Waals surface area contributed by atoms with E-state index in [2.05, 4.69) is 16.4 Å². The van der Waals surface area contributed by atoms with Crippen molar-refractivity contribution in [3.8, 4) is 6.07 Å². The Morgan fingerprint density at radius 1 is 1.24 bits per heavy atom. The van der Waals surface area contributed by atoms with Crippen molar-refractivity contribution in [3.63, 3.8) is 0 Å². The number of aromatic nitrogens is 2. The molecule has 1 aromatic heterocycles. The van der Waals surface area contributed by atoms with Gasteiger partial charge in [0.2, 0.25) is 5.91 Å². The van der Waals surface area contributed by atoms with Gasteiger partial charge in [-0.25, -0.2) is 4.98 Å². The van der Waals surface area contributed by atoms with Gasteiger partial charge < -0.3 is 10.1 Å². The third-order valence-corrected chi connectivity index (χ3v) is 5.18. The number of anilines is 1. The van der Waals surface area contributed by atoms with Gasteiger partial charge in [-0.3, -0.25) is 14.2 Å². The smallest absolute Gasteiger partial charge is 0.262 e. The number of amides is 1. The minimum absolute atomic E-state index is 0.109. The number of hydrogen-bond donors (Lipinski definition) is 1. The summed E-state index contributed by atoms with van der Waals surface area (Å²) in [5.74, 6) is -0.0960. The minimum Gasteiger partial charge on any atom is -0.383 e. The molecule has 0 aliphatic rings. The molecule has 1 N–H and O–H groups in total. The number of benzene rings is 2. The van der Waals surface area contributed by atoms with Gasteiger partial charge in [0.25, 0.3) is 5.56 Å². The number of carbonyl (C=O) groups is 1. The summed E-state index contributed by atoms with van der Waals surface area (Å²) in [5, 5.41) is 12.5. The molecule has 0 saturated carbocycles. The van der Waals surface area contributed by atoms with E-state index in [4.69, 9.17) is 10.00 Å². The number of hydrogen-bond acceptors (Lipinski definition) is 6. The lowest BCUT2D eigenvalue weighted by Gasteiger charge is -2.12. The third kappa shape index (κ3) is 5.22. The van der Waals surface area contributed by atoms with Crippen LogP contribution in [0.25, 0.3) is 10.9 Å². The number of carbonyl (C=O) groups excluding carboxylic acids is 1. The zero-order valence-corrected chi connectivity index (χ0v) is 16.7. The van der Waals surface area contributed by atoms with Crippen LogP contribution in [0.15, 0.2) is 58.5 Å². The molecule has 148 valence electrons. The molecular weight excluding hydrogens is 388 g/mol. The highest BCUT2D eigenvalue weighted by Crippen LogP contribution is 2.18. The van der Waals surface area contributed by atoms with Crippen molar-refractivity contribution in [1.82, 2.24) is 9.55 Å². The lowest BCUT2D eigenvalue weighted by atomic mass is 10.1. The molecule has 0 bridgehead atoms. The Labute approximate surface area is 172 Å². The zero-order chi connectivity index (χ0) is 20.6. The molecule has 0 unspecified atom stereocenters. The number of ether oxygens (including phenoxy) is 1. The number of nitrogens with zero attached hydrogens (tertiary/aromatic N) is 3. The van der Waals surface area contributed by atoms with E-state index in [9.17, 15) is 9.59 Å². The third-order valence-electron chi connectivity index (χ3n) is 4.20. The van der Waals surface area contributed by atoms with E-state index in [0.717, 1.165) is 5.56 Å². The lowest BCUT2D eigenvalue weighted by Crippen LogP contribution is -2.26. The fourth-order valence-electron chi connectivity index (χ4n) is 2.76. The summed E-state index contributed by atoms with van der Waals surface area (Å²) in [4.78, 5) is 29.7. The molecule has 0 radical (unpaired) electrons. The second-order valence-electron chi connectivity index (χ2n) is 6.23. The first kappa shape index (κ1) is 20.6. The molecule has 8 heteroatoms. The second kappa shape index (κ2) is 9.87. The fourth-order valence-corrected chi connectivity index (χ4v) is 3.59. The Morgan fingerprint density at radius 2 is 2.00 bits per heavy atom. The van der Waals surface area contributed by atoms with Gasteiger partial charge in [-0.1, -0.05) is 36.0 Å². The van der Waals surface area contributed by atoms with Gasteiger partial charge in [0, 0.05) is 12.8 Å². The van der Waals surface area contributed by atoms with E-state index in [-0.39, 0.29) is 17.2 Å². The fraction of sp³-hybridized carbons (Fsp3) is 0.238. The first-order valence-corrected chi connectivity index (χ1v) is 9.98. The van der Waals surface area contributed by atoms with Crippen LogP contribution in [0.2, 0.25) is 0 Å². The van der Waals surface area contributed by atoms with Crippen molar-refractivity contribution in [1.29, 1.82) is 5.26 Å². The largest absolute Gasteiger partial charge is 0.383 e. The number of rotatable bonds is 8. The number of fused-ring (bicyclic) bond motifs is 1. The van der Waals surface area contributed by atoms with E-state index >= 15 is 0 Å². The molecule has 0 aliphatic heterocycles. The van der Waals surface area contributed by atoms with Crippen molar-refractivity contribution in [3.05, 3.63) is 64.4 Å². The highest BCUT2D eigenvalue weighted by molar-refractivity contribution is 7.99. The van der Waals surface area contributed by atoms with E-state index in [0.29, 0.717) is 41.3 Å². The monoisotopic (exact) mass is 408 g/mol. The topological polar surface area (TPSA) is 97.0 Å². The lowest BCUT2D eigenvalue weighted by molar-refractivity contribution is -0.113. The number of thioether (sulfide) groups is 1. The number of methoxy groups -OCH3 is 1. The van der Waals surface area contributed by atoms with Crippen molar-refractivity contribution in [2.24, 2.45) is 0 Å². The van der Waals surface area contributed by atoms with Crippen LogP contribution in [0.1, 0.15) is 5.56 Å². The van der Waals surface area contributed by atoms with Crippen LogP contribution in [0.4, 0.5) is 5.69 Å². The zero-order valence-electron chi connectivity index (χ0n) is 15.9. The Kier molecular flexibility index (Phi) is 7.00. The van der Waals surface area contributed by atoms with Crippen molar-refractivity contribution in [2.75, 3.05) is 24.8 Å². The maximum Gasteiger partial charge on any atom is 0.262 e. The second-order valence-corrected chi connectivity index (χ2v) is 7.17. The molecule has 3 aromatic rings. The number of nitrogens with one attached hydrogen (secondary N) is 1. The number of para-hydroxylation sites is 1. The van der Waals surface area contributed by atoms with Gasteiger partial charge in [0.1, 0.15) is 0 Å². The first-order valence-electron chi connectivity index (χ1n) is 8.99. The average Bonchev–Trinajstić information content (AvgIpc) is 2.73. The molecule has 0 spiro atoms. The molecule has 0 atom stereocenters. The molecule has 7 nitrogen and oxygen atoms in total. The van der Waals surface area contributed by atoms with Gasteiger partial charge in [-0.2, -0.15) is 5.26 Å². The molecule has 1 amide bonds. The summed E-state index contributed by atoms with van der Waals surface area (Å²) < 4.78 is 6.65. The molecule has 1 heterocycles. The van der Waals surface area contributed by atoms with Crippen molar-refractivity contribution < 1.29 is 9.53 Å². The van der Waals surface area contributed by atoms with Crippen molar-refractivity contribution in [2.45, 2.75) is 18.1 Å². The first-order chi connectivity index (χ1) is 14.1. The van der Waals surface area contributed by atoms with Crippen LogP contribution in [-0.4, -0.2) is 34.9 Å². The molecule has 0 aliphatic carbocycles. The van der Waals surface area contributed by atoms with E-state index < -0.39 is 0 Å². The highest BCUT2D eigenvalue weighted by Gasteiger charge is 2.13. The molecule has 3 rings (SSSR count). The normalized spacial score (nSPS) is 10.6. The predicted molar refractivity (Wildman–Crippen MR) is 113 cm³/mol. The predicted octanol–water partition coefficient (Wildman–Crippen LogP) is 2.84. The van der Waals surface area contributed by atoms with Crippen LogP contribution in [0.3, 0.4) is 0 Å². The van der Waals surface area contributed by atoms with Crippen LogP contribution in [0, 0.1) is 11.3 Å². The van der Waals surface area contributed by atoms with Crippen LogP contribution >= 0.6 is 11.8 Å². The average molecular weight is 408 g/mol. The highest BCUT2D eigenvalue weighted by atomic mass is 32.2. The van der Waals surface area contributed by atoms with E-state index in [1.165, 1.54) is 11.8 Å². The Morgan fingerprint density at radius 3 is 2.72 bits per heavy atom. The van der Waals surface area contributed by atoms with E-state index in [1.54, 1.807) is 54.1 Å². The molecule has 0 saturated heterocycles. The van der Waals surface area contributed by atoms with Gasteiger partial charge in [-0.15, -0.1) is 0 Å². The summed E-state index contributed by atoms with van der Waals surface area (Å²) in [7, 11) is 1.57. The summed E-state index contributed by atoms with van der Waals surface area (Å²) >= 11 is 1.21. The summed E-state index contributed by atoms with van der Waals surface area (Å²) in [6, 6.07) is 16.4. The van der Waals surface area contributed by atoms with Crippen LogP contribution in [0.5, 0.6) is 0 Å². The molecule has 2 aromatic carbocycles. The quantitative estimate of drug-likeness (QED) is 0.455.